The predicted octanol–water partition coefficient (Wildman–Crippen LogP) is 1.54. The fourth-order valence-electron chi connectivity index (χ4n) is 2.23. The third kappa shape index (κ3) is 2.11. The standard InChI is InChI=1S/C12H18N2O2/c1-8-5-11(13)3-4-14(8)12(15)10-6-9(2)16-7-10/h6-8,11H,3-5,13H2,1-2H3. The van der Waals surface area contributed by atoms with E-state index >= 15 is 0 Å². The van der Waals surface area contributed by atoms with Crippen LogP contribution in [-0.4, -0.2) is 29.4 Å². The third-order valence-electron chi connectivity index (χ3n) is 3.16. The summed E-state index contributed by atoms with van der Waals surface area (Å²) in [7, 11) is 0. The van der Waals surface area contributed by atoms with Crippen LogP contribution in [0.5, 0.6) is 0 Å². The van der Waals surface area contributed by atoms with Crippen LogP contribution < -0.4 is 5.73 Å². The molecule has 2 heterocycles. The van der Waals surface area contributed by atoms with E-state index in [4.69, 9.17) is 10.2 Å². The van der Waals surface area contributed by atoms with Gasteiger partial charge in [-0.3, -0.25) is 4.79 Å². The Morgan fingerprint density at radius 3 is 2.94 bits per heavy atom. The number of nitrogens with zero attached hydrogens (tertiary/aromatic N) is 1. The first kappa shape index (κ1) is 11.2. The molecule has 1 aliphatic rings. The molecule has 1 fully saturated rings. The Hall–Kier alpha value is -1.29. The minimum atomic E-state index is 0.0521. The van der Waals surface area contributed by atoms with Gasteiger partial charge in [-0.25, -0.2) is 0 Å². The second-order valence-corrected chi connectivity index (χ2v) is 4.58. The third-order valence-corrected chi connectivity index (χ3v) is 3.16. The topological polar surface area (TPSA) is 59.5 Å². The van der Waals surface area contributed by atoms with Crippen LogP contribution in [0.2, 0.25) is 0 Å². The van der Waals surface area contributed by atoms with Gasteiger partial charge in [-0.2, -0.15) is 0 Å². The zero-order valence-electron chi connectivity index (χ0n) is 9.77. The van der Waals surface area contributed by atoms with Crippen LogP contribution in [-0.2, 0) is 0 Å². The summed E-state index contributed by atoms with van der Waals surface area (Å²) in [5.74, 6) is 0.820. The molecule has 1 aromatic heterocycles. The summed E-state index contributed by atoms with van der Waals surface area (Å²) < 4.78 is 5.16. The number of aryl methyl sites for hydroxylation is 1. The Labute approximate surface area is 95.4 Å². The molecule has 88 valence electrons. The molecule has 0 aliphatic carbocycles. The molecule has 16 heavy (non-hydrogen) atoms. The molecule has 2 unspecified atom stereocenters. The predicted molar refractivity (Wildman–Crippen MR) is 61.2 cm³/mol. The number of likely N-dealkylation sites (tertiary alicyclic amines) is 1. The molecule has 0 saturated carbocycles. The maximum absolute atomic E-state index is 12.2. The highest BCUT2D eigenvalue weighted by atomic mass is 16.3. The number of furan rings is 1. The number of rotatable bonds is 1. The highest BCUT2D eigenvalue weighted by Crippen LogP contribution is 2.19. The Bertz CT molecular complexity index is 386. The number of amides is 1. The zero-order valence-corrected chi connectivity index (χ0v) is 9.77. The second kappa shape index (κ2) is 4.29. The van der Waals surface area contributed by atoms with Gasteiger partial charge in [-0.15, -0.1) is 0 Å². The van der Waals surface area contributed by atoms with E-state index in [-0.39, 0.29) is 18.0 Å². The summed E-state index contributed by atoms with van der Waals surface area (Å²) in [4.78, 5) is 14.0. The van der Waals surface area contributed by atoms with Crippen LogP contribution in [0.15, 0.2) is 16.7 Å². The van der Waals surface area contributed by atoms with Crippen molar-refractivity contribution in [3.05, 3.63) is 23.7 Å². The minimum Gasteiger partial charge on any atom is -0.469 e. The molecule has 1 saturated heterocycles. The van der Waals surface area contributed by atoms with Crippen molar-refractivity contribution in [3.63, 3.8) is 0 Å². The molecule has 2 atom stereocenters. The average molecular weight is 222 g/mol. The number of piperidine rings is 1. The number of carbonyl (C=O) groups is 1. The molecule has 1 aliphatic heterocycles. The smallest absolute Gasteiger partial charge is 0.257 e. The minimum absolute atomic E-state index is 0.0521. The molecule has 0 spiro atoms. The molecule has 0 radical (unpaired) electrons. The van der Waals surface area contributed by atoms with Crippen molar-refractivity contribution in [2.45, 2.75) is 38.8 Å². The van der Waals surface area contributed by atoms with Crippen molar-refractivity contribution in [1.29, 1.82) is 0 Å². The molecule has 4 heteroatoms. The summed E-state index contributed by atoms with van der Waals surface area (Å²) in [5.41, 5.74) is 6.51. The fourth-order valence-corrected chi connectivity index (χ4v) is 2.23. The molecule has 0 aromatic carbocycles. The van der Waals surface area contributed by atoms with Gasteiger partial charge in [-0.1, -0.05) is 0 Å². The number of hydrogen-bond donors (Lipinski definition) is 1. The van der Waals surface area contributed by atoms with Crippen LogP contribution >= 0.6 is 0 Å². The molecule has 2 N–H and O–H groups in total. The summed E-state index contributed by atoms with van der Waals surface area (Å²) in [6, 6.07) is 2.22. The van der Waals surface area contributed by atoms with Crippen LogP contribution in [0.25, 0.3) is 0 Å². The van der Waals surface area contributed by atoms with Gasteiger partial charge in [0.1, 0.15) is 12.0 Å². The highest BCUT2D eigenvalue weighted by Gasteiger charge is 2.28. The molecular formula is C12H18N2O2. The quantitative estimate of drug-likeness (QED) is 0.784. The first-order chi connectivity index (χ1) is 7.58. The van der Waals surface area contributed by atoms with E-state index < -0.39 is 0 Å². The van der Waals surface area contributed by atoms with E-state index in [9.17, 15) is 4.79 Å². The average Bonchev–Trinajstić information content (AvgIpc) is 2.64. The van der Waals surface area contributed by atoms with Gasteiger partial charge < -0.3 is 15.1 Å². The Morgan fingerprint density at radius 2 is 2.38 bits per heavy atom. The van der Waals surface area contributed by atoms with Crippen molar-refractivity contribution >= 4 is 5.91 Å². The second-order valence-electron chi connectivity index (χ2n) is 4.58. The van der Waals surface area contributed by atoms with E-state index in [1.165, 1.54) is 6.26 Å². The van der Waals surface area contributed by atoms with E-state index in [0.29, 0.717) is 5.56 Å². The highest BCUT2D eigenvalue weighted by molar-refractivity contribution is 5.94. The van der Waals surface area contributed by atoms with Crippen LogP contribution in [0.3, 0.4) is 0 Å². The maximum atomic E-state index is 12.2. The van der Waals surface area contributed by atoms with Gasteiger partial charge in [0.2, 0.25) is 0 Å². The van der Waals surface area contributed by atoms with Crippen LogP contribution in [0.4, 0.5) is 0 Å². The van der Waals surface area contributed by atoms with Gasteiger partial charge >= 0.3 is 0 Å². The number of carbonyl (C=O) groups excluding carboxylic acids is 1. The van der Waals surface area contributed by atoms with Crippen molar-refractivity contribution in [2.75, 3.05) is 6.54 Å². The molecule has 2 rings (SSSR count). The van der Waals surface area contributed by atoms with E-state index in [0.717, 1.165) is 25.1 Å². The zero-order chi connectivity index (χ0) is 11.7. The SMILES string of the molecule is Cc1cc(C(=O)N2CCC(N)CC2C)co1. The lowest BCUT2D eigenvalue weighted by Crippen LogP contribution is -2.48. The van der Waals surface area contributed by atoms with Crippen LogP contribution in [0.1, 0.15) is 35.9 Å². The van der Waals surface area contributed by atoms with Gasteiger partial charge in [0.25, 0.3) is 5.91 Å². The van der Waals surface area contributed by atoms with Gasteiger partial charge in [0.15, 0.2) is 0 Å². The lowest BCUT2D eigenvalue weighted by molar-refractivity contribution is 0.0618. The largest absolute Gasteiger partial charge is 0.469 e. The Balaban J connectivity index is 2.10. The van der Waals surface area contributed by atoms with Gasteiger partial charge in [0.05, 0.1) is 5.56 Å². The summed E-state index contributed by atoms with van der Waals surface area (Å²) in [6.45, 7) is 4.63. The van der Waals surface area contributed by atoms with Crippen molar-refractivity contribution in [2.24, 2.45) is 5.73 Å². The van der Waals surface area contributed by atoms with Crippen molar-refractivity contribution in [3.8, 4) is 0 Å². The summed E-state index contributed by atoms with van der Waals surface area (Å²) in [5, 5.41) is 0. The molecule has 0 bridgehead atoms. The summed E-state index contributed by atoms with van der Waals surface area (Å²) in [6.07, 6.45) is 3.29. The van der Waals surface area contributed by atoms with E-state index in [1.807, 2.05) is 18.7 Å². The first-order valence-electron chi connectivity index (χ1n) is 5.69. The number of nitrogens with two attached hydrogens (primary N) is 1. The lowest BCUT2D eigenvalue weighted by atomic mass is 9.98. The molecular weight excluding hydrogens is 204 g/mol. The monoisotopic (exact) mass is 222 g/mol. The normalized spacial score (nSPS) is 25.8. The lowest BCUT2D eigenvalue weighted by Gasteiger charge is -2.36. The molecule has 1 aromatic rings. The summed E-state index contributed by atoms with van der Waals surface area (Å²) >= 11 is 0. The van der Waals surface area contributed by atoms with Gasteiger partial charge in [-0.05, 0) is 32.8 Å². The van der Waals surface area contributed by atoms with Gasteiger partial charge in [0, 0.05) is 18.6 Å². The molecule has 1 amide bonds. The van der Waals surface area contributed by atoms with Crippen LogP contribution in [0, 0.1) is 6.92 Å². The Kier molecular flexibility index (Phi) is 3.01. The first-order valence-corrected chi connectivity index (χ1v) is 5.69. The van der Waals surface area contributed by atoms with Crippen molar-refractivity contribution < 1.29 is 9.21 Å². The fraction of sp³-hybridized carbons (Fsp3) is 0.583. The van der Waals surface area contributed by atoms with Crippen molar-refractivity contribution in [1.82, 2.24) is 4.90 Å². The van der Waals surface area contributed by atoms with E-state index in [2.05, 4.69) is 0 Å². The maximum Gasteiger partial charge on any atom is 0.257 e. The molecule has 4 nitrogen and oxygen atoms in total. The Morgan fingerprint density at radius 1 is 1.62 bits per heavy atom. The van der Waals surface area contributed by atoms with E-state index in [1.54, 1.807) is 6.07 Å². The number of hydrogen-bond acceptors (Lipinski definition) is 3.